The van der Waals surface area contributed by atoms with E-state index in [9.17, 15) is 14.9 Å². The van der Waals surface area contributed by atoms with Gasteiger partial charge in [0, 0.05) is 31.4 Å². The maximum atomic E-state index is 12.4. The molecule has 0 saturated carbocycles. The van der Waals surface area contributed by atoms with E-state index in [1.807, 2.05) is 43.1 Å². The van der Waals surface area contributed by atoms with Gasteiger partial charge in [0.15, 0.2) is 0 Å². The van der Waals surface area contributed by atoms with Crippen molar-refractivity contribution in [1.29, 1.82) is 0 Å². The minimum absolute atomic E-state index is 0.00205. The van der Waals surface area contributed by atoms with Gasteiger partial charge in [0.1, 0.15) is 5.75 Å². The van der Waals surface area contributed by atoms with Crippen LogP contribution in [0.4, 0.5) is 11.4 Å². The average Bonchev–Trinajstić information content (AvgIpc) is 2.63. The first-order valence-corrected chi connectivity index (χ1v) is 8.32. The zero-order chi connectivity index (χ0) is 19.1. The summed E-state index contributed by atoms with van der Waals surface area (Å²) in [6, 6.07) is 13.7. The van der Waals surface area contributed by atoms with Gasteiger partial charge in [-0.25, -0.2) is 0 Å². The summed E-state index contributed by atoms with van der Waals surface area (Å²) in [5.74, 6) is 0.736. The van der Waals surface area contributed by atoms with E-state index in [0.29, 0.717) is 18.8 Å². The molecule has 7 heteroatoms. The first-order valence-electron chi connectivity index (χ1n) is 8.32. The lowest BCUT2D eigenvalue weighted by Gasteiger charge is -2.22. The summed E-state index contributed by atoms with van der Waals surface area (Å²) in [5, 5.41) is 10.7. The van der Waals surface area contributed by atoms with Crippen LogP contribution in [-0.2, 0) is 11.3 Å². The van der Waals surface area contributed by atoms with Gasteiger partial charge in [-0.2, -0.15) is 0 Å². The minimum atomic E-state index is -0.462. The predicted octanol–water partition coefficient (Wildman–Crippen LogP) is 3.09. The highest BCUT2D eigenvalue weighted by molar-refractivity contribution is 5.94. The molecule has 0 radical (unpaired) electrons. The van der Waals surface area contributed by atoms with Gasteiger partial charge >= 0.3 is 0 Å². The molecule has 1 amide bonds. The van der Waals surface area contributed by atoms with E-state index < -0.39 is 4.92 Å². The number of amides is 1. The maximum absolute atomic E-state index is 12.4. The van der Waals surface area contributed by atoms with Crippen molar-refractivity contribution in [2.45, 2.75) is 13.5 Å². The van der Waals surface area contributed by atoms with E-state index in [2.05, 4.69) is 0 Å². The fourth-order valence-corrected chi connectivity index (χ4v) is 2.50. The minimum Gasteiger partial charge on any atom is -0.494 e. The van der Waals surface area contributed by atoms with E-state index >= 15 is 0 Å². The second-order valence-electron chi connectivity index (χ2n) is 5.98. The summed E-state index contributed by atoms with van der Waals surface area (Å²) in [6.07, 6.45) is 0. The quantitative estimate of drug-likeness (QED) is 0.536. The van der Waals surface area contributed by atoms with Gasteiger partial charge in [-0.05, 0) is 43.8 Å². The molecule has 26 heavy (non-hydrogen) atoms. The van der Waals surface area contributed by atoms with Crippen LogP contribution in [-0.4, -0.2) is 43.0 Å². The fraction of sp³-hybridized carbons (Fsp3) is 0.316. The number of hydrogen-bond acceptors (Lipinski definition) is 5. The van der Waals surface area contributed by atoms with Crippen molar-refractivity contribution in [1.82, 2.24) is 4.90 Å². The highest BCUT2D eigenvalue weighted by Gasteiger charge is 2.15. The highest BCUT2D eigenvalue weighted by atomic mass is 16.6. The van der Waals surface area contributed by atoms with Gasteiger partial charge in [0.05, 0.1) is 18.1 Å². The summed E-state index contributed by atoms with van der Waals surface area (Å²) >= 11 is 0. The number of ether oxygens (including phenoxy) is 1. The van der Waals surface area contributed by atoms with Gasteiger partial charge in [-0.15, -0.1) is 0 Å². The van der Waals surface area contributed by atoms with E-state index in [1.54, 1.807) is 19.2 Å². The van der Waals surface area contributed by atoms with Gasteiger partial charge < -0.3 is 9.64 Å². The molecular formula is C19H23N3O4. The summed E-state index contributed by atoms with van der Waals surface area (Å²) in [5.41, 5.74) is 1.71. The van der Waals surface area contributed by atoms with Crippen molar-refractivity contribution in [2.75, 3.05) is 32.1 Å². The van der Waals surface area contributed by atoms with Crippen LogP contribution < -0.4 is 9.64 Å². The number of nitrogens with zero attached hydrogens (tertiary/aromatic N) is 3. The SMILES string of the molecule is CCOc1ccc(CN(C)CC(=O)N(C)c2ccc([N+](=O)[O-])cc2)cc1. The van der Waals surface area contributed by atoms with E-state index in [1.165, 1.54) is 17.0 Å². The molecule has 0 atom stereocenters. The van der Waals surface area contributed by atoms with Gasteiger partial charge in [-0.1, -0.05) is 12.1 Å². The molecular weight excluding hydrogens is 334 g/mol. The van der Waals surface area contributed by atoms with Crippen LogP contribution in [0.5, 0.6) is 5.75 Å². The average molecular weight is 357 g/mol. The number of nitro groups is 1. The van der Waals surface area contributed by atoms with Gasteiger partial charge in [0.25, 0.3) is 5.69 Å². The second-order valence-corrected chi connectivity index (χ2v) is 5.98. The lowest BCUT2D eigenvalue weighted by atomic mass is 10.2. The number of carbonyl (C=O) groups excluding carboxylic acids is 1. The van der Waals surface area contributed by atoms with Crippen molar-refractivity contribution in [3.8, 4) is 5.75 Å². The normalized spacial score (nSPS) is 10.6. The van der Waals surface area contributed by atoms with Crippen LogP contribution in [0.25, 0.3) is 0 Å². The van der Waals surface area contributed by atoms with Crippen molar-refractivity contribution in [3.63, 3.8) is 0 Å². The number of hydrogen-bond donors (Lipinski definition) is 0. The Morgan fingerprint density at radius 3 is 2.23 bits per heavy atom. The number of rotatable bonds is 8. The molecule has 0 saturated heterocycles. The number of carbonyl (C=O) groups is 1. The Kier molecular flexibility index (Phi) is 6.68. The Morgan fingerprint density at radius 2 is 1.69 bits per heavy atom. The smallest absolute Gasteiger partial charge is 0.269 e. The molecule has 0 spiro atoms. The first kappa shape index (κ1) is 19.4. The summed E-state index contributed by atoms with van der Waals surface area (Å²) in [4.78, 5) is 26.1. The Hall–Kier alpha value is -2.93. The third-order valence-corrected chi connectivity index (χ3v) is 3.91. The van der Waals surface area contributed by atoms with Crippen molar-refractivity contribution < 1.29 is 14.5 Å². The Bertz CT molecular complexity index is 744. The van der Waals surface area contributed by atoms with Crippen molar-refractivity contribution >= 4 is 17.3 Å². The van der Waals surface area contributed by atoms with Crippen LogP contribution in [0.2, 0.25) is 0 Å². The van der Waals surface area contributed by atoms with Crippen LogP contribution in [0.3, 0.4) is 0 Å². The van der Waals surface area contributed by atoms with Crippen LogP contribution >= 0.6 is 0 Å². The lowest BCUT2D eigenvalue weighted by molar-refractivity contribution is -0.384. The molecule has 0 aliphatic rings. The molecule has 0 heterocycles. The molecule has 138 valence electrons. The lowest BCUT2D eigenvalue weighted by Crippen LogP contribution is -2.36. The predicted molar refractivity (Wildman–Crippen MR) is 100 cm³/mol. The van der Waals surface area contributed by atoms with Crippen LogP contribution in [0, 0.1) is 10.1 Å². The molecule has 0 unspecified atom stereocenters. The number of non-ortho nitro benzene ring substituents is 1. The molecule has 7 nitrogen and oxygen atoms in total. The van der Waals surface area contributed by atoms with Gasteiger partial charge in [-0.3, -0.25) is 19.8 Å². The zero-order valence-electron chi connectivity index (χ0n) is 15.2. The van der Waals surface area contributed by atoms with Crippen LogP contribution in [0.15, 0.2) is 48.5 Å². The summed E-state index contributed by atoms with van der Waals surface area (Å²) in [7, 11) is 3.53. The molecule has 0 aromatic heterocycles. The molecule has 2 aromatic rings. The van der Waals surface area contributed by atoms with Gasteiger partial charge in [0.2, 0.25) is 5.91 Å². The van der Waals surface area contributed by atoms with Crippen LogP contribution in [0.1, 0.15) is 12.5 Å². The topological polar surface area (TPSA) is 75.9 Å². The fourth-order valence-electron chi connectivity index (χ4n) is 2.50. The third-order valence-electron chi connectivity index (χ3n) is 3.91. The Labute approximate surface area is 152 Å². The molecule has 0 N–H and O–H groups in total. The number of nitro benzene ring substituents is 1. The summed E-state index contributed by atoms with van der Waals surface area (Å²) < 4.78 is 5.42. The monoisotopic (exact) mass is 357 g/mol. The molecule has 2 rings (SSSR count). The molecule has 0 fully saturated rings. The number of anilines is 1. The Morgan fingerprint density at radius 1 is 1.08 bits per heavy atom. The van der Waals surface area contributed by atoms with E-state index in [4.69, 9.17) is 4.74 Å². The largest absolute Gasteiger partial charge is 0.494 e. The standard InChI is InChI=1S/C19H23N3O4/c1-4-26-18-11-5-15(6-12-18)13-20(2)14-19(23)21(3)16-7-9-17(10-8-16)22(24)25/h5-12H,4,13-14H2,1-3H3. The zero-order valence-corrected chi connectivity index (χ0v) is 15.2. The maximum Gasteiger partial charge on any atom is 0.269 e. The van der Waals surface area contributed by atoms with Crippen molar-refractivity contribution in [2.24, 2.45) is 0 Å². The summed E-state index contributed by atoms with van der Waals surface area (Å²) in [6.45, 7) is 3.43. The van der Waals surface area contributed by atoms with Crippen molar-refractivity contribution in [3.05, 3.63) is 64.2 Å². The Balaban J connectivity index is 1.91. The second kappa shape index (κ2) is 8.96. The highest BCUT2D eigenvalue weighted by Crippen LogP contribution is 2.19. The van der Waals surface area contributed by atoms with E-state index in [-0.39, 0.29) is 18.1 Å². The first-order chi connectivity index (χ1) is 12.4. The van der Waals surface area contributed by atoms with E-state index in [0.717, 1.165) is 11.3 Å². The molecule has 0 aliphatic carbocycles. The third kappa shape index (κ3) is 5.29. The molecule has 0 bridgehead atoms. The number of likely N-dealkylation sites (N-methyl/N-ethyl adjacent to an activating group) is 2. The molecule has 2 aromatic carbocycles. The molecule has 0 aliphatic heterocycles. The number of benzene rings is 2.